The van der Waals surface area contributed by atoms with Gasteiger partial charge >= 0.3 is 0 Å². The van der Waals surface area contributed by atoms with Crippen molar-refractivity contribution in [3.8, 4) is 0 Å². The van der Waals surface area contributed by atoms with Crippen molar-refractivity contribution in [1.82, 2.24) is 9.55 Å². The first kappa shape index (κ1) is 12.9. The molecule has 1 aromatic heterocycles. The zero-order valence-corrected chi connectivity index (χ0v) is 12.3. The minimum atomic E-state index is 0.410. The van der Waals surface area contributed by atoms with Gasteiger partial charge in [0.25, 0.3) is 0 Å². The van der Waals surface area contributed by atoms with Crippen molar-refractivity contribution < 1.29 is 4.74 Å². The predicted octanol–water partition coefficient (Wildman–Crippen LogP) is 3.82. The van der Waals surface area contributed by atoms with Crippen LogP contribution in [0.4, 0.5) is 0 Å². The lowest BCUT2D eigenvalue weighted by Crippen LogP contribution is -2.14. The summed E-state index contributed by atoms with van der Waals surface area (Å²) in [6.07, 6.45) is 3.71. The Hall–Kier alpha value is -1.13. The number of nitrogens with zero attached hydrogens (tertiary/aromatic N) is 1. The fourth-order valence-electron chi connectivity index (χ4n) is 2.74. The first-order chi connectivity index (χ1) is 9.13. The van der Waals surface area contributed by atoms with Gasteiger partial charge in [0.1, 0.15) is 0 Å². The molecule has 1 aliphatic rings. The van der Waals surface area contributed by atoms with Crippen LogP contribution in [0.25, 0.3) is 11.0 Å². The SMILES string of the molecule is COCCC1(Cn2c(=S)[nH]c3ccc(C)cc32)CC1. The Labute approximate surface area is 118 Å². The van der Waals surface area contributed by atoms with Crippen molar-refractivity contribution in [3.05, 3.63) is 28.5 Å². The van der Waals surface area contributed by atoms with Gasteiger partial charge in [0.15, 0.2) is 4.77 Å². The van der Waals surface area contributed by atoms with E-state index in [1.54, 1.807) is 7.11 Å². The number of fused-ring (bicyclic) bond motifs is 1. The standard InChI is InChI=1S/C15H20N2OS/c1-11-3-4-12-13(9-11)17(14(19)16-12)10-15(5-6-15)7-8-18-2/h3-4,9H,5-8,10H2,1-2H3,(H,16,19). The van der Waals surface area contributed by atoms with E-state index in [2.05, 4.69) is 34.7 Å². The quantitative estimate of drug-likeness (QED) is 0.841. The van der Waals surface area contributed by atoms with Crippen molar-refractivity contribution in [3.63, 3.8) is 0 Å². The van der Waals surface area contributed by atoms with Crippen LogP contribution >= 0.6 is 12.2 Å². The highest BCUT2D eigenvalue weighted by Gasteiger charge is 2.42. The summed E-state index contributed by atoms with van der Waals surface area (Å²) in [4.78, 5) is 3.31. The Balaban J connectivity index is 1.94. The van der Waals surface area contributed by atoms with Gasteiger partial charge in [-0.05, 0) is 61.5 Å². The first-order valence-corrected chi connectivity index (χ1v) is 7.22. The molecule has 0 aliphatic heterocycles. The number of hydrogen-bond donors (Lipinski definition) is 1. The molecule has 0 amide bonds. The van der Waals surface area contributed by atoms with Crippen LogP contribution in [0.5, 0.6) is 0 Å². The van der Waals surface area contributed by atoms with Crippen LogP contribution in [0.1, 0.15) is 24.8 Å². The Morgan fingerprint density at radius 3 is 2.89 bits per heavy atom. The molecule has 0 bridgehead atoms. The topological polar surface area (TPSA) is 29.9 Å². The number of methoxy groups -OCH3 is 1. The number of imidazole rings is 1. The monoisotopic (exact) mass is 276 g/mol. The summed E-state index contributed by atoms with van der Waals surface area (Å²) in [5, 5.41) is 0. The number of aryl methyl sites for hydroxylation is 1. The van der Waals surface area contributed by atoms with Crippen LogP contribution in [0.2, 0.25) is 0 Å². The molecule has 1 aromatic carbocycles. The lowest BCUT2D eigenvalue weighted by atomic mass is 10.0. The molecule has 0 atom stereocenters. The van der Waals surface area contributed by atoms with E-state index in [-0.39, 0.29) is 0 Å². The molecule has 1 saturated carbocycles. The largest absolute Gasteiger partial charge is 0.385 e. The van der Waals surface area contributed by atoms with Gasteiger partial charge in [-0.15, -0.1) is 0 Å². The van der Waals surface area contributed by atoms with E-state index in [0.29, 0.717) is 5.41 Å². The highest BCUT2D eigenvalue weighted by Crippen LogP contribution is 2.50. The molecular weight excluding hydrogens is 256 g/mol. The molecule has 0 radical (unpaired) electrons. The van der Waals surface area contributed by atoms with Crippen LogP contribution in [-0.2, 0) is 11.3 Å². The van der Waals surface area contributed by atoms with Crippen molar-refractivity contribution in [2.75, 3.05) is 13.7 Å². The Bertz CT molecular complexity index is 652. The molecule has 1 fully saturated rings. The number of ether oxygens (including phenoxy) is 1. The number of nitrogens with one attached hydrogen (secondary N) is 1. The average Bonchev–Trinajstić information content (AvgIpc) is 3.09. The Morgan fingerprint density at radius 1 is 1.42 bits per heavy atom. The minimum absolute atomic E-state index is 0.410. The van der Waals surface area contributed by atoms with Crippen molar-refractivity contribution in [2.45, 2.75) is 32.7 Å². The highest BCUT2D eigenvalue weighted by atomic mass is 32.1. The number of benzene rings is 1. The lowest BCUT2D eigenvalue weighted by molar-refractivity contribution is 0.167. The van der Waals surface area contributed by atoms with Gasteiger partial charge in [0.2, 0.25) is 0 Å². The smallest absolute Gasteiger partial charge is 0.178 e. The summed E-state index contributed by atoms with van der Waals surface area (Å²) < 4.78 is 8.33. The van der Waals surface area contributed by atoms with Crippen LogP contribution < -0.4 is 0 Å². The number of H-pyrrole nitrogens is 1. The Morgan fingerprint density at radius 2 is 2.21 bits per heavy atom. The summed E-state index contributed by atoms with van der Waals surface area (Å²) in [6, 6.07) is 6.45. The van der Waals surface area contributed by atoms with Crippen LogP contribution in [0.3, 0.4) is 0 Å². The van der Waals surface area contributed by atoms with Gasteiger partial charge in [0, 0.05) is 20.3 Å². The zero-order chi connectivity index (χ0) is 13.5. The zero-order valence-electron chi connectivity index (χ0n) is 11.5. The van der Waals surface area contributed by atoms with Crippen molar-refractivity contribution in [2.24, 2.45) is 5.41 Å². The molecule has 19 heavy (non-hydrogen) atoms. The molecule has 0 saturated heterocycles. The van der Waals surface area contributed by atoms with Crippen LogP contribution in [0.15, 0.2) is 18.2 Å². The predicted molar refractivity (Wildman–Crippen MR) is 80.0 cm³/mol. The van der Waals surface area contributed by atoms with E-state index in [9.17, 15) is 0 Å². The summed E-state index contributed by atoms with van der Waals surface area (Å²) in [5.74, 6) is 0. The fraction of sp³-hybridized carbons (Fsp3) is 0.533. The second-order valence-corrected chi connectivity index (χ2v) is 6.17. The molecular formula is C15H20N2OS. The maximum absolute atomic E-state index is 5.48. The molecule has 1 aliphatic carbocycles. The van der Waals surface area contributed by atoms with Crippen molar-refractivity contribution in [1.29, 1.82) is 0 Å². The molecule has 3 rings (SSSR count). The molecule has 0 unspecified atom stereocenters. The van der Waals surface area contributed by atoms with Gasteiger partial charge < -0.3 is 14.3 Å². The third-order valence-corrected chi connectivity index (χ3v) is 4.54. The summed E-state index contributed by atoms with van der Waals surface area (Å²) in [6.45, 7) is 3.98. The molecule has 1 N–H and O–H groups in total. The van der Waals surface area contributed by atoms with Gasteiger partial charge in [-0.25, -0.2) is 0 Å². The summed E-state index contributed by atoms with van der Waals surface area (Å²) in [5.41, 5.74) is 4.05. The average molecular weight is 276 g/mol. The van der Waals surface area contributed by atoms with E-state index < -0.39 is 0 Å². The second-order valence-electron chi connectivity index (χ2n) is 5.78. The van der Waals surface area contributed by atoms with E-state index in [1.807, 2.05) is 0 Å². The van der Waals surface area contributed by atoms with Crippen molar-refractivity contribution >= 4 is 23.3 Å². The number of rotatable bonds is 5. The van der Waals surface area contributed by atoms with Crippen LogP contribution in [-0.4, -0.2) is 23.3 Å². The number of hydrogen-bond acceptors (Lipinski definition) is 2. The number of aromatic amines is 1. The van der Waals surface area contributed by atoms with Gasteiger partial charge in [0.05, 0.1) is 11.0 Å². The lowest BCUT2D eigenvalue weighted by Gasteiger charge is -2.16. The summed E-state index contributed by atoms with van der Waals surface area (Å²) in [7, 11) is 1.77. The normalized spacial score (nSPS) is 16.9. The first-order valence-electron chi connectivity index (χ1n) is 6.82. The highest BCUT2D eigenvalue weighted by molar-refractivity contribution is 7.71. The molecule has 3 nitrogen and oxygen atoms in total. The summed E-state index contributed by atoms with van der Waals surface area (Å²) >= 11 is 5.48. The van der Waals surface area contributed by atoms with Crippen LogP contribution in [0, 0.1) is 17.1 Å². The molecule has 4 heteroatoms. The van der Waals surface area contributed by atoms with Gasteiger partial charge in [-0.3, -0.25) is 0 Å². The van der Waals surface area contributed by atoms with E-state index >= 15 is 0 Å². The minimum Gasteiger partial charge on any atom is -0.385 e. The third kappa shape index (κ3) is 2.47. The number of aromatic nitrogens is 2. The van der Waals surface area contributed by atoms with Gasteiger partial charge in [-0.1, -0.05) is 6.07 Å². The van der Waals surface area contributed by atoms with E-state index in [0.717, 1.165) is 29.9 Å². The molecule has 1 heterocycles. The van der Waals surface area contributed by atoms with Gasteiger partial charge in [-0.2, -0.15) is 0 Å². The molecule has 2 aromatic rings. The second kappa shape index (κ2) is 4.76. The van der Waals surface area contributed by atoms with E-state index in [1.165, 1.54) is 23.9 Å². The fourth-order valence-corrected chi connectivity index (χ4v) is 3.01. The third-order valence-electron chi connectivity index (χ3n) is 4.22. The van der Waals surface area contributed by atoms with E-state index in [4.69, 9.17) is 17.0 Å². The maximum atomic E-state index is 5.48. The maximum Gasteiger partial charge on any atom is 0.178 e. The molecule has 102 valence electrons. The Kier molecular flexibility index (Phi) is 3.23. The molecule has 0 spiro atoms.